The van der Waals surface area contributed by atoms with Crippen molar-refractivity contribution < 1.29 is 13.5 Å². The number of benzene rings is 2. The average molecular weight is 485 g/mol. The number of aryl methyl sites for hydroxylation is 2. The molecule has 0 fully saturated rings. The highest BCUT2D eigenvalue weighted by molar-refractivity contribution is 7.80. The highest BCUT2D eigenvalue weighted by Crippen LogP contribution is 2.29. The van der Waals surface area contributed by atoms with E-state index in [1.54, 1.807) is 41.9 Å². The van der Waals surface area contributed by atoms with Crippen molar-refractivity contribution in [2.75, 3.05) is 10.6 Å². The zero-order valence-corrected chi connectivity index (χ0v) is 19.3. The monoisotopic (exact) mass is 484 g/mol. The molecule has 0 saturated heterocycles. The summed E-state index contributed by atoms with van der Waals surface area (Å²) < 4.78 is 31.8. The molecule has 0 saturated carbocycles. The molecule has 10 heteroatoms. The molecule has 0 aliphatic heterocycles. The van der Waals surface area contributed by atoms with Crippen LogP contribution in [-0.2, 0) is 6.54 Å². The first-order valence-corrected chi connectivity index (χ1v) is 10.4. The van der Waals surface area contributed by atoms with Crippen molar-refractivity contribution in [2.24, 2.45) is 0 Å². The Morgan fingerprint density at radius 3 is 2.45 bits per heavy atom. The highest BCUT2D eigenvalue weighted by Gasteiger charge is 2.17. The molecule has 2 aromatic carbocycles. The molecule has 1 heterocycles. The summed E-state index contributed by atoms with van der Waals surface area (Å²) in [4.78, 5) is 0. The highest BCUT2D eigenvalue weighted by atomic mass is 35.5. The molecule has 164 valence electrons. The van der Waals surface area contributed by atoms with Crippen LogP contribution >= 0.6 is 35.4 Å². The van der Waals surface area contributed by atoms with E-state index < -0.39 is 6.61 Å². The Kier molecular flexibility index (Phi) is 7.35. The molecule has 0 aliphatic carbocycles. The van der Waals surface area contributed by atoms with Gasteiger partial charge in [-0.2, -0.15) is 13.9 Å². The number of thiocarbonyl (C=S) groups is 1. The zero-order valence-electron chi connectivity index (χ0n) is 17.0. The Morgan fingerprint density at radius 1 is 1.13 bits per heavy atom. The normalized spacial score (nSPS) is 11.0. The van der Waals surface area contributed by atoms with Gasteiger partial charge < -0.3 is 15.4 Å². The van der Waals surface area contributed by atoms with Crippen LogP contribution in [0.25, 0.3) is 0 Å². The Bertz CT molecular complexity index is 1100. The lowest BCUT2D eigenvalue weighted by Crippen LogP contribution is -2.21. The quantitative estimate of drug-likeness (QED) is 0.387. The number of alkyl halides is 2. The first-order chi connectivity index (χ1) is 14.7. The summed E-state index contributed by atoms with van der Waals surface area (Å²) in [6.45, 7) is 2.94. The number of nitrogens with zero attached hydrogens (tertiary/aromatic N) is 2. The lowest BCUT2D eigenvalue weighted by molar-refractivity contribution is -0.0493. The fourth-order valence-corrected chi connectivity index (χ4v) is 3.79. The largest absolute Gasteiger partial charge is 0.433 e. The Balaban J connectivity index is 1.79. The van der Waals surface area contributed by atoms with Gasteiger partial charge in [0.1, 0.15) is 5.75 Å². The molecule has 1 aromatic heterocycles. The predicted molar refractivity (Wildman–Crippen MR) is 125 cm³/mol. The lowest BCUT2D eigenvalue weighted by atomic mass is 10.2. The molecule has 2 N–H and O–H groups in total. The maximum atomic E-state index is 12.7. The van der Waals surface area contributed by atoms with E-state index in [1.807, 2.05) is 13.8 Å². The minimum Gasteiger partial charge on any atom is -0.433 e. The van der Waals surface area contributed by atoms with E-state index in [-0.39, 0.29) is 10.9 Å². The number of nitrogens with one attached hydrogen (secondary N) is 2. The van der Waals surface area contributed by atoms with Crippen LogP contribution in [-0.4, -0.2) is 21.5 Å². The van der Waals surface area contributed by atoms with Crippen LogP contribution in [0.3, 0.4) is 0 Å². The Labute approximate surface area is 194 Å². The van der Waals surface area contributed by atoms with Gasteiger partial charge in [0.2, 0.25) is 0 Å². The van der Waals surface area contributed by atoms with Crippen LogP contribution in [0.5, 0.6) is 5.75 Å². The molecule has 0 unspecified atom stereocenters. The van der Waals surface area contributed by atoms with Crippen molar-refractivity contribution in [1.29, 1.82) is 0 Å². The Hall–Kier alpha value is -2.42. The van der Waals surface area contributed by atoms with Gasteiger partial charge in [-0.15, -0.1) is 0 Å². The summed E-state index contributed by atoms with van der Waals surface area (Å²) in [5, 5.41) is 11.9. The summed E-state index contributed by atoms with van der Waals surface area (Å²) in [7, 11) is 0. The van der Waals surface area contributed by atoms with Crippen LogP contribution in [0.1, 0.15) is 22.5 Å². The summed E-state index contributed by atoms with van der Waals surface area (Å²) in [6, 6.07) is 10.2. The number of rotatable bonds is 6. The van der Waals surface area contributed by atoms with Gasteiger partial charge in [0.25, 0.3) is 0 Å². The third kappa shape index (κ3) is 5.64. The van der Waals surface area contributed by atoms with Crippen molar-refractivity contribution in [3.05, 3.63) is 69.0 Å². The fourth-order valence-electron chi connectivity index (χ4n) is 3.06. The predicted octanol–water partition coefficient (Wildman–Crippen LogP) is 6.57. The molecule has 0 bridgehead atoms. The van der Waals surface area contributed by atoms with Gasteiger partial charge in [-0.05, 0) is 62.8 Å². The third-order valence-electron chi connectivity index (χ3n) is 4.59. The molecule has 5 nitrogen and oxygen atoms in total. The second-order valence-electron chi connectivity index (χ2n) is 6.86. The summed E-state index contributed by atoms with van der Waals surface area (Å²) in [5.74, 6) is 0.0108. The number of aromatic nitrogens is 2. The second-order valence-corrected chi connectivity index (χ2v) is 8.08. The number of hydrogen-bond acceptors (Lipinski definition) is 3. The van der Waals surface area contributed by atoms with Gasteiger partial charge in [-0.3, -0.25) is 4.68 Å². The molecule has 0 aliphatic rings. The molecule has 0 spiro atoms. The molecule has 3 aromatic rings. The average Bonchev–Trinajstić information content (AvgIpc) is 2.94. The number of ether oxygens (including phenoxy) is 1. The van der Waals surface area contributed by atoms with Gasteiger partial charge in [-0.1, -0.05) is 35.3 Å². The van der Waals surface area contributed by atoms with Crippen LogP contribution < -0.4 is 15.4 Å². The van der Waals surface area contributed by atoms with E-state index in [0.717, 1.165) is 16.8 Å². The van der Waals surface area contributed by atoms with Crippen molar-refractivity contribution in [3.8, 4) is 5.75 Å². The van der Waals surface area contributed by atoms with Crippen molar-refractivity contribution in [2.45, 2.75) is 33.9 Å². The minimum atomic E-state index is -2.94. The van der Waals surface area contributed by atoms with E-state index in [1.165, 1.54) is 6.07 Å². The van der Waals surface area contributed by atoms with Gasteiger partial charge in [0.15, 0.2) is 5.11 Å². The molecule has 0 atom stereocenters. The molecule has 3 rings (SSSR count). The molecule has 0 amide bonds. The van der Waals surface area contributed by atoms with Crippen LogP contribution in [0.2, 0.25) is 10.0 Å². The molecular formula is C21H20Cl2F2N4OS. The summed E-state index contributed by atoms with van der Waals surface area (Å²) >= 11 is 17.9. The smallest absolute Gasteiger partial charge is 0.387 e. The summed E-state index contributed by atoms with van der Waals surface area (Å²) in [5.41, 5.74) is 4.09. The van der Waals surface area contributed by atoms with E-state index in [0.29, 0.717) is 33.7 Å². The van der Waals surface area contributed by atoms with E-state index in [2.05, 4.69) is 20.5 Å². The van der Waals surface area contributed by atoms with E-state index in [9.17, 15) is 8.78 Å². The van der Waals surface area contributed by atoms with E-state index in [4.69, 9.17) is 35.4 Å². The second kappa shape index (κ2) is 9.80. The topological polar surface area (TPSA) is 51.1 Å². The fraction of sp³-hybridized carbons (Fsp3) is 0.238. The van der Waals surface area contributed by atoms with Crippen LogP contribution in [0.4, 0.5) is 20.2 Å². The standard InChI is InChI=1S/C21H20Cl2F2N4OS/c1-11-7-8-17(18(9-11)30-20(24)25)26-21(31)27-19-12(2)28-29(13(19)3)10-14-15(22)5-4-6-16(14)23/h4-9,20H,10H2,1-3H3,(H2,26,27,31). The van der Waals surface area contributed by atoms with Crippen molar-refractivity contribution in [1.82, 2.24) is 9.78 Å². The van der Waals surface area contributed by atoms with Gasteiger partial charge in [0.05, 0.1) is 29.3 Å². The Morgan fingerprint density at radius 2 is 1.81 bits per heavy atom. The number of anilines is 2. The van der Waals surface area contributed by atoms with Crippen molar-refractivity contribution >= 4 is 51.9 Å². The van der Waals surface area contributed by atoms with Crippen LogP contribution in [0.15, 0.2) is 36.4 Å². The third-order valence-corrected chi connectivity index (χ3v) is 5.50. The summed E-state index contributed by atoms with van der Waals surface area (Å²) in [6.07, 6.45) is 0. The van der Waals surface area contributed by atoms with Crippen LogP contribution in [0, 0.1) is 20.8 Å². The minimum absolute atomic E-state index is 0.0108. The molecule has 31 heavy (non-hydrogen) atoms. The van der Waals surface area contributed by atoms with E-state index >= 15 is 0 Å². The maximum absolute atomic E-state index is 12.7. The maximum Gasteiger partial charge on any atom is 0.387 e. The molecule has 0 radical (unpaired) electrons. The first-order valence-electron chi connectivity index (χ1n) is 9.26. The lowest BCUT2D eigenvalue weighted by Gasteiger charge is -2.15. The number of hydrogen-bond donors (Lipinski definition) is 2. The first kappa shape index (κ1) is 23.2. The van der Waals surface area contributed by atoms with Gasteiger partial charge >= 0.3 is 6.61 Å². The molecular weight excluding hydrogens is 465 g/mol. The van der Waals surface area contributed by atoms with Gasteiger partial charge in [-0.25, -0.2) is 0 Å². The van der Waals surface area contributed by atoms with Gasteiger partial charge in [0, 0.05) is 15.6 Å². The number of halogens is 4. The van der Waals surface area contributed by atoms with Crippen molar-refractivity contribution in [3.63, 3.8) is 0 Å². The zero-order chi connectivity index (χ0) is 22.7. The SMILES string of the molecule is Cc1ccc(NC(=S)Nc2c(C)nn(Cc3c(Cl)cccc3Cl)c2C)c(OC(F)F)c1.